The van der Waals surface area contributed by atoms with Crippen LogP contribution in [0.2, 0.25) is 0 Å². The molecule has 1 atom stereocenters. The number of ether oxygens (including phenoxy) is 1. The smallest absolute Gasteiger partial charge is 0.302 e. The van der Waals surface area contributed by atoms with E-state index in [0.717, 1.165) is 0 Å². The van der Waals surface area contributed by atoms with Crippen molar-refractivity contribution in [1.82, 2.24) is 5.32 Å². The van der Waals surface area contributed by atoms with Crippen molar-refractivity contribution in [2.75, 3.05) is 6.61 Å². The second kappa shape index (κ2) is 3.36. The average molecular weight is 185 g/mol. The molecule has 74 valence electrons. The molecule has 1 rings (SSSR count). The summed E-state index contributed by atoms with van der Waals surface area (Å²) in [7, 11) is 0. The van der Waals surface area contributed by atoms with Gasteiger partial charge in [-0.1, -0.05) is 13.8 Å². The van der Waals surface area contributed by atoms with Crippen LogP contribution in [-0.4, -0.2) is 24.5 Å². The zero-order valence-corrected chi connectivity index (χ0v) is 8.22. The Balaban J connectivity index is 2.37. The number of esters is 1. The van der Waals surface area contributed by atoms with Gasteiger partial charge in [0.1, 0.15) is 0 Å². The van der Waals surface area contributed by atoms with Crippen LogP contribution in [0.15, 0.2) is 0 Å². The summed E-state index contributed by atoms with van der Waals surface area (Å²) in [5.41, 5.74) is -0.167. The van der Waals surface area contributed by atoms with Crippen LogP contribution in [0.1, 0.15) is 27.2 Å². The largest absolute Gasteiger partial charge is 0.465 e. The van der Waals surface area contributed by atoms with Gasteiger partial charge in [0.25, 0.3) is 0 Å². The Kier molecular flexibility index (Phi) is 2.59. The lowest BCUT2D eigenvalue weighted by atomic mass is 9.79. The molecule has 0 aromatic carbocycles. The maximum absolute atomic E-state index is 10.7. The molecule has 0 aromatic heterocycles. The molecule has 13 heavy (non-hydrogen) atoms. The van der Waals surface area contributed by atoms with Crippen LogP contribution in [0.4, 0.5) is 0 Å². The normalized spacial score (nSPS) is 21.8. The number of hydrogen-bond donors (Lipinski definition) is 1. The lowest BCUT2D eigenvalue weighted by molar-refractivity contribution is -0.146. The van der Waals surface area contributed by atoms with Gasteiger partial charge in [0.15, 0.2) is 0 Å². The monoisotopic (exact) mass is 185 g/mol. The molecule has 1 amide bonds. The zero-order valence-electron chi connectivity index (χ0n) is 8.22. The van der Waals surface area contributed by atoms with Crippen LogP contribution < -0.4 is 5.32 Å². The Morgan fingerprint density at radius 2 is 2.23 bits per heavy atom. The van der Waals surface area contributed by atoms with Crippen molar-refractivity contribution >= 4 is 11.9 Å². The number of rotatable bonds is 3. The lowest BCUT2D eigenvalue weighted by Gasteiger charge is -2.39. The molecule has 0 bridgehead atoms. The Morgan fingerprint density at radius 1 is 1.69 bits per heavy atom. The molecule has 1 saturated heterocycles. The molecule has 1 heterocycles. The Hall–Kier alpha value is -1.06. The van der Waals surface area contributed by atoms with E-state index < -0.39 is 0 Å². The van der Waals surface area contributed by atoms with Crippen molar-refractivity contribution in [1.29, 1.82) is 0 Å². The molecule has 1 fully saturated rings. The minimum absolute atomic E-state index is 0.0703. The van der Waals surface area contributed by atoms with Gasteiger partial charge in [0.2, 0.25) is 5.91 Å². The molecule has 1 unspecified atom stereocenters. The fourth-order valence-electron chi connectivity index (χ4n) is 1.22. The Morgan fingerprint density at radius 3 is 2.62 bits per heavy atom. The number of hydrogen-bond acceptors (Lipinski definition) is 3. The zero-order chi connectivity index (χ0) is 10.1. The van der Waals surface area contributed by atoms with E-state index in [0.29, 0.717) is 13.0 Å². The Bertz CT molecular complexity index is 227. The number of β-lactam (4-membered cyclic amide) rings is 1. The van der Waals surface area contributed by atoms with E-state index >= 15 is 0 Å². The summed E-state index contributed by atoms with van der Waals surface area (Å²) >= 11 is 0. The maximum atomic E-state index is 10.7. The average Bonchev–Trinajstić information content (AvgIpc) is 1.95. The van der Waals surface area contributed by atoms with Crippen molar-refractivity contribution in [2.45, 2.75) is 33.2 Å². The van der Waals surface area contributed by atoms with E-state index in [4.69, 9.17) is 4.74 Å². The first-order valence-electron chi connectivity index (χ1n) is 4.34. The Labute approximate surface area is 77.6 Å². The van der Waals surface area contributed by atoms with E-state index in [1.54, 1.807) is 0 Å². The molecule has 0 radical (unpaired) electrons. The van der Waals surface area contributed by atoms with Crippen LogP contribution in [0.5, 0.6) is 0 Å². The van der Waals surface area contributed by atoms with E-state index in [9.17, 15) is 9.59 Å². The first-order chi connectivity index (χ1) is 5.92. The number of carbonyl (C=O) groups excluding carboxylic acids is 2. The predicted molar refractivity (Wildman–Crippen MR) is 47.0 cm³/mol. The van der Waals surface area contributed by atoms with Crippen molar-refractivity contribution in [3.05, 3.63) is 0 Å². The highest BCUT2D eigenvalue weighted by atomic mass is 16.5. The van der Waals surface area contributed by atoms with E-state index in [-0.39, 0.29) is 23.3 Å². The molecular formula is C9H15NO3. The summed E-state index contributed by atoms with van der Waals surface area (Å²) < 4.78 is 4.91. The molecular weight excluding hydrogens is 170 g/mol. The van der Waals surface area contributed by atoms with Gasteiger partial charge in [-0.05, 0) is 0 Å². The summed E-state index contributed by atoms with van der Waals surface area (Å²) in [4.78, 5) is 21.2. The fraction of sp³-hybridized carbons (Fsp3) is 0.778. The summed E-state index contributed by atoms with van der Waals surface area (Å²) in [6.07, 6.45) is 0.536. The summed E-state index contributed by atoms with van der Waals surface area (Å²) in [6.45, 7) is 5.68. The predicted octanol–water partition coefficient (Wildman–Crippen LogP) is 0.464. The standard InChI is InChI=1S/C9H15NO3/c1-6(11)13-5-9(2,3)7-4-8(12)10-7/h7H,4-5H2,1-3H3,(H,10,12). The van der Waals surface area contributed by atoms with Crippen molar-refractivity contribution in [2.24, 2.45) is 5.41 Å². The van der Waals surface area contributed by atoms with Gasteiger partial charge in [-0.25, -0.2) is 0 Å². The van der Waals surface area contributed by atoms with Gasteiger partial charge in [-0.15, -0.1) is 0 Å². The summed E-state index contributed by atoms with van der Waals surface area (Å²) in [6, 6.07) is 0.138. The van der Waals surface area contributed by atoms with E-state index in [1.165, 1.54) is 6.92 Å². The van der Waals surface area contributed by atoms with Crippen LogP contribution in [0, 0.1) is 5.41 Å². The third-order valence-corrected chi connectivity index (χ3v) is 2.32. The highest BCUT2D eigenvalue weighted by molar-refractivity contribution is 5.83. The quantitative estimate of drug-likeness (QED) is 0.513. The second-order valence-electron chi connectivity index (χ2n) is 4.09. The molecule has 1 aliphatic rings. The molecule has 1 N–H and O–H groups in total. The van der Waals surface area contributed by atoms with E-state index in [2.05, 4.69) is 5.32 Å². The first kappa shape index (κ1) is 10.0. The topological polar surface area (TPSA) is 55.4 Å². The van der Waals surface area contributed by atoms with Crippen LogP contribution in [0.3, 0.4) is 0 Å². The third-order valence-electron chi connectivity index (χ3n) is 2.32. The second-order valence-corrected chi connectivity index (χ2v) is 4.09. The van der Waals surface area contributed by atoms with Gasteiger partial charge >= 0.3 is 5.97 Å². The molecule has 1 aliphatic heterocycles. The van der Waals surface area contributed by atoms with Crippen molar-refractivity contribution in [3.63, 3.8) is 0 Å². The van der Waals surface area contributed by atoms with Gasteiger partial charge in [0.05, 0.1) is 6.61 Å². The molecule has 4 heteroatoms. The van der Waals surface area contributed by atoms with Gasteiger partial charge in [-0.3, -0.25) is 9.59 Å². The minimum Gasteiger partial charge on any atom is -0.465 e. The summed E-state index contributed by atoms with van der Waals surface area (Å²) in [5.74, 6) is -0.209. The van der Waals surface area contributed by atoms with Crippen LogP contribution in [0.25, 0.3) is 0 Å². The first-order valence-corrected chi connectivity index (χ1v) is 4.34. The third kappa shape index (κ3) is 2.44. The van der Waals surface area contributed by atoms with E-state index in [1.807, 2.05) is 13.8 Å². The summed E-state index contributed by atoms with van der Waals surface area (Å²) in [5, 5.41) is 2.78. The van der Waals surface area contributed by atoms with Gasteiger partial charge < -0.3 is 10.1 Å². The maximum Gasteiger partial charge on any atom is 0.302 e. The highest BCUT2D eigenvalue weighted by Crippen LogP contribution is 2.27. The molecule has 0 saturated carbocycles. The molecule has 0 spiro atoms. The van der Waals surface area contributed by atoms with Gasteiger partial charge in [0, 0.05) is 24.8 Å². The van der Waals surface area contributed by atoms with Crippen LogP contribution >= 0.6 is 0 Å². The molecule has 0 aromatic rings. The number of carbonyl (C=O) groups is 2. The SMILES string of the molecule is CC(=O)OCC(C)(C)C1CC(=O)N1. The van der Waals surface area contributed by atoms with Crippen LogP contribution in [-0.2, 0) is 14.3 Å². The number of nitrogens with one attached hydrogen (secondary N) is 1. The van der Waals surface area contributed by atoms with Gasteiger partial charge in [-0.2, -0.15) is 0 Å². The lowest BCUT2D eigenvalue weighted by Crippen LogP contribution is -2.57. The number of amides is 1. The minimum atomic E-state index is -0.279. The van der Waals surface area contributed by atoms with Crippen molar-refractivity contribution < 1.29 is 14.3 Å². The van der Waals surface area contributed by atoms with Crippen molar-refractivity contribution in [3.8, 4) is 0 Å². The molecule has 4 nitrogen and oxygen atoms in total. The highest BCUT2D eigenvalue weighted by Gasteiger charge is 2.39. The fourth-order valence-corrected chi connectivity index (χ4v) is 1.22. The molecule has 0 aliphatic carbocycles.